The molecule has 17 heteroatoms. The van der Waals surface area contributed by atoms with Crippen molar-refractivity contribution in [1.29, 1.82) is 0 Å². The number of carbonyl (C=O) groups excluding carboxylic acids is 4. The number of hydrogen-bond donors (Lipinski definition) is 6. The first kappa shape index (κ1) is 57.1. The van der Waals surface area contributed by atoms with Crippen molar-refractivity contribution in [3.63, 3.8) is 0 Å². The van der Waals surface area contributed by atoms with Crippen LogP contribution < -0.4 is 10.6 Å². The topological polar surface area (TPSA) is 204 Å². The van der Waals surface area contributed by atoms with Gasteiger partial charge in [0.1, 0.15) is 51.8 Å². The zero-order chi connectivity index (χ0) is 48.1. The van der Waals surface area contributed by atoms with Gasteiger partial charge in [-0.15, -0.1) is 23.2 Å². The number of methoxy groups -OCH3 is 2. The SMILES string of the molecule is CC(C)(C)OC(=O)CBr.COC(=O)C(CCCc1ccccc1O)NCc1ccccc1O.COC(=O)C(CN(CC(C)=O)Cc1ccccc1O)NCc1ccccc1O.ClCCl. The first-order valence-electron chi connectivity index (χ1n) is 20.2. The highest BCUT2D eigenvalue weighted by Gasteiger charge is 2.24. The van der Waals surface area contributed by atoms with Crippen molar-refractivity contribution in [2.45, 2.75) is 84.3 Å². The molecule has 0 fully saturated rings. The van der Waals surface area contributed by atoms with Crippen molar-refractivity contribution in [2.24, 2.45) is 0 Å². The summed E-state index contributed by atoms with van der Waals surface area (Å²) in [5, 5.41) is 46.2. The van der Waals surface area contributed by atoms with Crippen molar-refractivity contribution in [3.05, 3.63) is 119 Å². The summed E-state index contributed by atoms with van der Waals surface area (Å²) in [6.07, 6.45) is 1.98. The molecular formula is C47H62BrCl2N3O11. The van der Waals surface area contributed by atoms with Gasteiger partial charge in [-0.2, -0.15) is 0 Å². The Labute approximate surface area is 395 Å². The molecule has 0 aliphatic carbocycles. The molecule has 0 spiro atoms. The lowest BCUT2D eigenvalue weighted by molar-refractivity contribution is -0.151. The number of Topliss-reactive ketones (excluding diaryl/α,β-unsaturated/α-hetero) is 1. The van der Waals surface area contributed by atoms with Crippen LogP contribution in [0.5, 0.6) is 23.0 Å². The average Bonchev–Trinajstić information content (AvgIpc) is 3.25. The van der Waals surface area contributed by atoms with Crippen LogP contribution in [-0.4, -0.2) is 105 Å². The quantitative estimate of drug-likeness (QED) is 0.0303. The molecule has 4 aromatic carbocycles. The minimum Gasteiger partial charge on any atom is -0.508 e. The number of phenolic OH excluding ortho intramolecular Hbond substituents is 4. The fraction of sp³-hybridized carbons (Fsp3) is 0.404. The number of rotatable bonds is 19. The number of benzene rings is 4. The normalized spacial score (nSPS) is 11.5. The molecule has 0 heterocycles. The number of ketones is 1. The number of esters is 3. The molecule has 0 saturated heterocycles. The molecule has 4 rings (SSSR count). The van der Waals surface area contributed by atoms with E-state index in [0.717, 1.165) is 17.5 Å². The molecular weight excluding hydrogens is 933 g/mol. The van der Waals surface area contributed by atoms with Crippen LogP contribution >= 0.6 is 39.1 Å². The van der Waals surface area contributed by atoms with Gasteiger partial charge in [-0.1, -0.05) is 88.7 Å². The molecule has 0 amide bonds. The Morgan fingerprint density at radius 2 is 1.06 bits per heavy atom. The van der Waals surface area contributed by atoms with E-state index < -0.39 is 18.1 Å². The Bertz CT molecular complexity index is 2000. The van der Waals surface area contributed by atoms with E-state index >= 15 is 0 Å². The number of carbonyl (C=O) groups is 4. The molecule has 352 valence electrons. The minimum atomic E-state index is -0.713. The van der Waals surface area contributed by atoms with Gasteiger partial charge in [0.05, 0.1) is 26.1 Å². The van der Waals surface area contributed by atoms with E-state index in [0.29, 0.717) is 37.1 Å². The Hall–Kier alpha value is -4.90. The summed E-state index contributed by atoms with van der Waals surface area (Å²) >= 11 is 12.5. The van der Waals surface area contributed by atoms with Gasteiger partial charge in [-0.05, 0) is 76.8 Å². The highest BCUT2D eigenvalue weighted by Crippen LogP contribution is 2.21. The molecule has 14 nitrogen and oxygen atoms in total. The van der Waals surface area contributed by atoms with Crippen LogP contribution in [0.25, 0.3) is 0 Å². The van der Waals surface area contributed by atoms with Gasteiger partial charge >= 0.3 is 17.9 Å². The second-order valence-corrected chi connectivity index (χ2v) is 16.4. The maximum atomic E-state index is 12.3. The van der Waals surface area contributed by atoms with Crippen molar-refractivity contribution in [2.75, 3.05) is 38.0 Å². The first-order valence-corrected chi connectivity index (χ1v) is 22.4. The molecule has 0 radical (unpaired) electrons. The number of aromatic hydroxyl groups is 4. The molecule has 2 atom stereocenters. The summed E-state index contributed by atoms with van der Waals surface area (Å²) in [5.41, 5.74) is 2.54. The lowest BCUT2D eigenvalue weighted by Crippen LogP contribution is -2.47. The third-order valence-electron chi connectivity index (χ3n) is 8.76. The van der Waals surface area contributed by atoms with Gasteiger partial charge in [-0.3, -0.25) is 29.4 Å². The monoisotopic (exact) mass is 993 g/mol. The number of para-hydroxylation sites is 4. The van der Waals surface area contributed by atoms with Crippen molar-refractivity contribution >= 4 is 62.8 Å². The van der Waals surface area contributed by atoms with Gasteiger partial charge in [-0.25, -0.2) is 0 Å². The van der Waals surface area contributed by atoms with Crippen LogP contribution in [-0.2, 0) is 59.4 Å². The Balaban J connectivity index is 0.000000515. The van der Waals surface area contributed by atoms with Gasteiger partial charge in [0.15, 0.2) is 0 Å². The number of halogens is 3. The third-order valence-corrected chi connectivity index (χ3v) is 9.22. The maximum absolute atomic E-state index is 12.3. The number of hydrogen-bond acceptors (Lipinski definition) is 14. The maximum Gasteiger partial charge on any atom is 0.324 e. The second-order valence-electron chi connectivity index (χ2n) is 15.0. The van der Waals surface area contributed by atoms with Crippen molar-refractivity contribution in [1.82, 2.24) is 15.5 Å². The molecule has 0 aliphatic rings. The van der Waals surface area contributed by atoms with Gasteiger partial charge in [0.2, 0.25) is 0 Å². The molecule has 0 aromatic heterocycles. The van der Waals surface area contributed by atoms with E-state index in [9.17, 15) is 39.6 Å². The summed E-state index contributed by atoms with van der Waals surface area (Å²) in [5.74, 6) is -0.343. The lowest BCUT2D eigenvalue weighted by atomic mass is 10.0. The van der Waals surface area contributed by atoms with Crippen LogP contribution in [0, 0.1) is 0 Å². The summed E-state index contributed by atoms with van der Waals surface area (Å²) in [6, 6.07) is 26.7. The Kier molecular flexibility index (Phi) is 28.4. The zero-order valence-corrected chi connectivity index (χ0v) is 40.3. The number of phenols is 4. The molecule has 0 aliphatic heterocycles. The number of alkyl halides is 3. The third kappa shape index (κ3) is 24.2. The van der Waals surface area contributed by atoms with E-state index in [1.54, 1.807) is 83.8 Å². The number of nitrogens with one attached hydrogen (secondary N) is 2. The van der Waals surface area contributed by atoms with Gasteiger partial charge < -0.3 is 40.0 Å². The summed E-state index contributed by atoms with van der Waals surface area (Å²) in [4.78, 5) is 48.2. The minimum absolute atomic E-state index is 0.0558. The van der Waals surface area contributed by atoms with Crippen LogP contribution in [0.2, 0.25) is 0 Å². The van der Waals surface area contributed by atoms with E-state index in [1.165, 1.54) is 21.1 Å². The van der Waals surface area contributed by atoms with Crippen LogP contribution in [0.3, 0.4) is 0 Å². The molecule has 0 bridgehead atoms. The van der Waals surface area contributed by atoms with Crippen LogP contribution in [0.4, 0.5) is 0 Å². The highest BCUT2D eigenvalue weighted by molar-refractivity contribution is 9.09. The fourth-order valence-electron chi connectivity index (χ4n) is 5.83. The van der Waals surface area contributed by atoms with E-state index in [1.807, 2.05) is 39.0 Å². The number of ether oxygens (including phenoxy) is 3. The molecule has 64 heavy (non-hydrogen) atoms. The molecule has 0 saturated carbocycles. The highest BCUT2D eigenvalue weighted by atomic mass is 79.9. The molecule has 6 N–H and O–H groups in total. The largest absolute Gasteiger partial charge is 0.508 e. The Morgan fingerprint density at radius 1 is 0.672 bits per heavy atom. The predicted octanol–water partition coefficient (Wildman–Crippen LogP) is 7.72. The smallest absolute Gasteiger partial charge is 0.324 e. The number of aryl methyl sites for hydroxylation is 1. The fourth-order valence-corrected chi connectivity index (χ4v) is 5.94. The van der Waals surface area contributed by atoms with E-state index in [2.05, 4.69) is 26.6 Å². The average molecular weight is 996 g/mol. The Morgan fingerprint density at radius 3 is 1.44 bits per heavy atom. The standard InChI is InChI=1S/C21H26N2O5.C19H23NO4.C6H11BrO2.CH2Cl2/c1-15(24)12-23(13-17-8-4-6-10-20(17)26)14-18(21(27)28-2)22-11-16-7-3-5-9-19(16)25;1-24-19(23)16(20-13-15-8-3-5-12-18(15)22)10-6-9-14-7-2-4-11-17(14)21;1-6(2,3)9-5(8)4-7;2-1-3/h3-10,18,22,25-26H,11-14H2,1-2H3;2-5,7-8,11-12,16,20-22H,6,9-10,13H2,1H3;4H2,1-3H3;1H2. The van der Waals surface area contributed by atoms with Gasteiger partial charge in [0.25, 0.3) is 0 Å². The second kappa shape index (κ2) is 31.9. The van der Waals surface area contributed by atoms with Crippen molar-refractivity contribution in [3.8, 4) is 23.0 Å². The van der Waals surface area contributed by atoms with Crippen molar-refractivity contribution < 1.29 is 53.8 Å². The summed E-state index contributed by atoms with van der Waals surface area (Å²) < 4.78 is 14.6. The van der Waals surface area contributed by atoms with Gasteiger partial charge in [0, 0.05) is 42.9 Å². The van der Waals surface area contributed by atoms with Crippen LogP contribution in [0.1, 0.15) is 62.8 Å². The van der Waals surface area contributed by atoms with Crippen LogP contribution in [0.15, 0.2) is 97.1 Å². The summed E-state index contributed by atoms with van der Waals surface area (Å²) in [6.45, 7) is 8.27. The first-order chi connectivity index (χ1) is 30.4. The van der Waals surface area contributed by atoms with E-state index in [-0.39, 0.29) is 76.6 Å². The zero-order valence-electron chi connectivity index (χ0n) is 37.2. The lowest BCUT2D eigenvalue weighted by Gasteiger charge is -2.26. The molecule has 2 unspecified atom stereocenters. The number of nitrogens with zero attached hydrogens (tertiary/aromatic N) is 1. The predicted molar refractivity (Wildman–Crippen MR) is 253 cm³/mol. The summed E-state index contributed by atoms with van der Waals surface area (Å²) in [7, 11) is 2.66. The van der Waals surface area contributed by atoms with E-state index in [4.69, 9.17) is 37.4 Å². The molecule has 4 aromatic rings.